The van der Waals surface area contributed by atoms with Gasteiger partial charge < -0.3 is 9.15 Å². The predicted octanol–water partition coefficient (Wildman–Crippen LogP) is 5.03. The third kappa shape index (κ3) is 4.07. The van der Waals surface area contributed by atoms with Crippen LogP contribution in [0.5, 0.6) is 5.75 Å². The third-order valence-electron chi connectivity index (χ3n) is 3.53. The fourth-order valence-electron chi connectivity index (χ4n) is 2.24. The van der Waals surface area contributed by atoms with Gasteiger partial charge in [0.1, 0.15) is 17.3 Å². The van der Waals surface area contributed by atoms with Gasteiger partial charge in [0.15, 0.2) is 0 Å². The molecule has 0 fully saturated rings. The van der Waals surface area contributed by atoms with E-state index in [0.29, 0.717) is 38.4 Å². The molecule has 5 nitrogen and oxygen atoms in total. The molecule has 3 rings (SSSR count). The van der Waals surface area contributed by atoms with Crippen LogP contribution in [-0.4, -0.2) is 19.2 Å². The van der Waals surface area contributed by atoms with Gasteiger partial charge in [-0.15, -0.1) is 0 Å². The summed E-state index contributed by atoms with van der Waals surface area (Å²) in [5.74, 6) is 1.25. The monoisotopic (exact) mass is 388 g/mol. The molecule has 26 heavy (non-hydrogen) atoms. The van der Waals surface area contributed by atoms with Gasteiger partial charge in [0.25, 0.3) is 5.91 Å². The van der Waals surface area contributed by atoms with Crippen molar-refractivity contribution in [2.75, 3.05) is 7.11 Å². The molecule has 0 aliphatic rings. The van der Waals surface area contributed by atoms with Crippen molar-refractivity contribution in [3.63, 3.8) is 0 Å². The van der Waals surface area contributed by atoms with Crippen LogP contribution >= 0.6 is 23.2 Å². The Kier molecular flexibility index (Phi) is 5.61. The number of hydrogen-bond acceptors (Lipinski definition) is 4. The number of rotatable bonds is 5. The molecule has 0 spiro atoms. The number of hydrogen-bond donors (Lipinski definition) is 1. The van der Waals surface area contributed by atoms with Gasteiger partial charge >= 0.3 is 0 Å². The first-order valence-corrected chi connectivity index (χ1v) is 8.36. The number of ether oxygens (including phenoxy) is 1. The van der Waals surface area contributed by atoms with E-state index < -0.39 is 0 Å². The Morgan fingerprint density at radius 2 is 1.96 bits per heavy atom. The summed E-state index contributed by atoms with van der Waals surface area (Å²) < 4.78 is 10.8. The summed E-state index contributed by atoms with van der Waals surface area (Å²) in [6.07, 6.45) is 1.40. The SMILES string of the molecule is COc1cccc(C(=O)N/N=C\c2ccc(-c3cccc(Cl)c3Cl)o2)c1. The van der Waals surface area contributed by atoms with Gasteiger partial charge in [0.05, 0.1) is 23.4 Å². The van der Waals surface area contributed by atoms with Gasteiger partial charge in [-0.1, -0.05) is 35.3 Å². The van der Waals surface area contributed by atoms with E-state index in [1.807, 2.05) is 0 Å². The summed E-state index contributed by atoms with van der Waals surface area (Å²) in [7, 11) is 1.54. The molecule has 0 saturated carbocycles. The second-order valence-corrected chi connectivity index (χ2v) is 6.02. The lowest BCUT2D eigenvalue weighted by atomic mass is 10.2. The summed E-state index contributed by atoms with van der Waals surface area (Å²) in [4.78, 5) is 12.1. The molecule has 1 heterocycles. The van der Waals surface area contributed by atoms with Crippen LogP contribution in [0.4, 0.5) is 0 Å². The van der Waals surface area contributed by atoms with E-state index in [4.69, 9.17) is 32.4 Å². The van der Waals surface area contributed by atoms with Crippen molar-refractivity contribution >= 4 is 35.3 Å². The molecule has 0 saturated heterocycles. The molecule has 0 radical (unpaired) electrons. The van der Waals surface area contributed by atoms with Crippen LogP contribution in [0.25, 0.3) is 11.3 Å². The lowest BCUT2D eigenvalue weighted by Crippen LogP contribution is -2.17. The predicted molar refractivity (Wildman–Crippen MR) is 102 cm³/mol. The Bertz CT molecular complexity index is 967. The summed E-state index contributed by atoms with van der Waals surface area (Å²) >= 11 is 12.2. The Hall–Kier alpha value is -2.76. The van der Waals surface area contributed by atoms with Crippen LogP contribution in [0.1, 0.15) is 16.1 Å². The number of nitrogens with zero attached hydrogens (tertiary/aromatic N) is 1. The molecule has 0 aliphatic carbocycles. The number of furan rings is 1. The van der Waals surface area contributed by atoms with Crippen LogP contribution in [0.15, 0.2) is 64.1 Å². The third-order valence-corrected chi connectivity index (χ3v) is 4.35. The van der Waals surface area contributed by atoms with Gasteiger partial charge in [-0.3, -0.25) is 4.79 Å². The Labute approximate surface area is 160 Å². The van der Waals surface area contributed by atoms with Crippen LogP contribution in [-0.2, 0) is 0 Å². The highest BCUT2D eigenvalue weighted by atomic mass is 35.5. The fraction of sp³-hybridized carbons (Fsp3) is 0.0526. The topological polar surface area (TPSA) is 63.8 Å². The molecule has 0 bridgehead atoms. The van der Waals surface area contributed by atoms with E-state index in [9.17, 15) is 4.79 Å². The largest absolute Gasteiger partial charge is 0.497 e. The molecule has 0 aliphatic heterocycles. The van der Waals surface area contributed by atoms with Crippen LogP contribution in [0.3, 0.4) is 0 Å². The van der Waals surface area contributed by atoms with Gasteiger partial charge in [-0.05, 0) is 42.5 Å². The van der Waals surface area contributed by atoms with E-state index in [-0.39, 0.29) is 5.91 Å². The lowest BCUT2D eigenvalue weighted by Gasteiger charge is -2.03. The summed E-state index contributed by atoms with van der Waals surface area (Å²) in [6.45, 7) is 0. The van der Waals surface area contributed by atoms with Crippen molar-refractivity contribution in [3.8, 4) is 17.1 Å². The second-order valence-electron chi connectivity index (χ2n) is 5.23. The molecule has 7 heteroatoms. The van der Waals surface area contributed by atoms with E-state index in [2.05, 4.69) is 10.5 Å². The number of carbonyl (C=O) groups excluding carboxylic acids is 1. The highest BCUT2D eigenvalue weighted by Crippen LogP contribution is 2.34. The van der Waals surface area contributed by atoms with Crippen molar-refractivity contribution in [1.82, 2.24) is 5.43 Å². The van der Waals surface area contributed by atoms with Gasteiger partial charge in [0.2, 0.25) is 0 Å². The van der Waals surface area contributed by atoms with E-state index in [1.165, 1.54) is 13.3 Å². The van der Waals surface area contributed by atoms with Crippen molar-refractivity contribution in [1.29, 1.82) is 0 Å². The quantitative estimate of drug-likeness (QED) is 0.492. The van der Waals surface area contributed by atoms with Crippen molar-refractivity contribution in [3.05, 3.63) is 76.0 Å². The molecular weight excluding hydrogens is 375 g/mol. The average molecular weight is 389 g/mol. The highest BCUT2D eigenvalue weighted by Gasteiger charge is 2.10. The number of amides is 1. The number of methoxy groups -OCH3 is 1. The maximum absolute atomic E-state index is 12.1. The molecule has 1 N–H and O–H groups in total. The lowest BCUT2D eigenvalue weighted by molar-refractivity contribution is 0.0955. The first kappa shape index (κ1) is 18.0. The molecule has 1 aromatic heterocycles. The molecular formula is C19H14Cl2N2O3. The van der Waals surface area contributed by atoms with Crippen LogP contribution < -0.4 is 10.2 Å². The fourth-order valence-corrected chi connectivity index (χ4v) is 2.64. The minimum absolute atomic E-state index is 0.357. The standard InChI is InChI=1S/C19H14Cl2N2O3/c1-25-13-5-2-4-12(10-13)19(24)23-22-11-14-8-9-17(26-14)15-6-3-7-16(20)18(15)21/h2-11H,1H3,(H,23,24)/b22-11-. The maximum atomic E-state index is 12.1. The molecule has 0 atom stereocenters. The zero-order valence-electron chi connectivity index (χ0n) is 13.7. The first-order valence-electron chi connectivity index (χ1n) is 7.60. The van der Waals surface area contributed by atoms with E-state index in [0.717, 1.165) is 0 Å². The Morgan fingerprint density at radius 1 is 1.15 bits per heavy atom. The smallest absolute Gasteiger partial charge is 0.271 e. The average Bonchev–Trinajstić information content (AvgIpc) is 3.12. The molecule has 132 valence electrons. The minimum Gasteiger partial charge on any atom is -0.497 e. The van der Waals surface area contributed by atoms with E-state index in [1.54, 1.807) is 54.6 Å². The number of nitrogens with one attached hydrogen (secondary N) is 1. The Morgan fingerprint density at radius 3 is 2.77 bits per heavy atom. The summed E-state index contributed by atoms with van der Waals surface area (Å²) in [6, 6.07) is 15.5. The molecule has 2 aromatic carbocycles. The van der Waals surface area contributed by atoms with Gasteiger partial charge in [-0.25, -0.2) is 5.43 Å². The number of hydrazone groups is 1. The number of benzene rings is 2. The Balaban J connectivity index is 1.69. The van der Waals surface area contributed by atoms with Gasteiger partial charge in [0, 0.05) is 11.1 Å². The van der Waals surface area contributed by atoms with E-state index >= 15 is 0 Å². The maximum Gasteiger partial charge on any atom is 0.271 e. The minimum atomic E-state index is -0.357. The molecule has 0 unspecified atom stereocenters. The highest BCUT2D eigenvalue weighted by molar-refractivity contribution is 6.43. The molecule has 1 amide bonds. The number of halogens is 2. The second kappa shape index (κ2) is 8.08. The summed E-state index contributed by atoms with van der Waals surface area (Å²) in [5.41, 5.74) is 3.55. The zero-order valence-corrected chi connectivity index (χ0v) is 15.2. The normalized spacial score (nSPS) is 10.9. The summed E-state index contributed by atoms with van der Waals surface area (Å²) in [5, 5.41) is 4.76. The first-order chi connectivity index (χ1) is 12.6. The zero-order chi connectivity index (χ0) is 18.5. The molecule has 3 aromatic rings. The van der Waals surface area contributed by atoms with Crippen LogP contribution in [0.2, 0.25) is 10.0 Å². The van der Waals surface area contributed by atoms with Gasteiger partial charge in [-0.2, -0.15) is 5.10 Å². The van der Waals surface area contributed by atoms with Crippen molar-refractivity contribution in [2.24, 2.45) is 5.10 Å². The van der Waals surface area contributed by atoms with Crippen LogP contribution in [0, 0.1) is 0 Å². The van der Waals surface area contributed by atoms with Crippen molar-refractivity contribution in [2.45, 2.75) is 0 Å². The van der Waals surface area contributed by atoms with Crippen molar-refractivity contribution < 1.29 is 13.9 Å². The number of carbonyl (C=O) groups is 1.